The third-order valence-corrected chi connectivity index (χ3v) is 7.01. The maximum Gasteiger partial charge on any atom is 0.273 e. The van der Waals surface area contributed by atoms with E-state index < -0.39 is 21.7 Å². The van der Waals surface area contributed by atoms with Crippen LogP contribution < -0.4 is 10.9 Å². The molecule has 0 bridgehead atoms. The highest BCUT2D eigenvalue weighted by Gasteiger charge is 2.29. The Morgan fingerprint density at radius 1 is 1.14 bits per heavy atom. The molecule has 1 aliphatic heterocycles. The normalized spacial score (nSPS) is 17.8. The van der Waals surface area contributed by atoms with Crippen LogP contribution in [-0.2, 0) is 21.2 Å². The first-order chi connectivity index (χ1) is 13.6. The van der Waals surface area contributed by atoms with Gasteiger partial charge >= 0.3 is 0 Å². The van der Waals surface area contributed by atoms with Gasteiger partial charge in [0.25, 0.3) is 5.91 Å². The van der Waals surface area contributed by atoms with Gasteiger partial charge in [-0.2, -0.15) is 5.10 Å². The molecule has 0 spiro atoms. The van der Waals surface area contributed by atoms with Crippen molar-refractivity contribution >= 4 is 21.7 Å². The van der Waals surface area contributed by atoms with Crippen LogP contribution in [0.15, 0.2) is 24.3 Å². The molecule has 2 N–H and O–H groups in total. The van der Waals surface area contributed by atoms with E-state index in [0.717, 1.165) is 5.56 Å². The van der Waals surface area contributed by atoms with Gasteiger partial charge in [0.05, 0.1) is 29.3 Å². The predicted octanol–water partition coefficient (Wildman–Crippen LogP) is 1.44. The Hall–Kier alpha value is -2.68. The van der Waals surface area contributed by atoms with Crippen molar-refractivity contribution in [2.24, 2.45) is 5.92 Å². The van der Waals surface area contributed by atoms with E-state index in [2.05, 4.69) is 16.0 Å². The molecule has 0 saturated carbocycles. The van der Waals surface area contributed by atoms with Crippen molar-refractivity contribution in [1.29, 1.82) is 0 Å². The summed E-state index contributed by atoms with van der Waals surface area (Å²) in [5.74, 6) is -0.892. The zero-order valence-electron chi connectivity index (χ0n) is 16.9. The minimum atomic E-state index is -3.03. The Bertz CT molecular complexity index is 1030. The van der Waals surface area contributed by atoms with E-state index in [-0.39, 0.29) is 23.8 Å². The van der Waals surface area contributed by atoms with Gasteiger partial charge in [0, 0.05) is 12.1 Å². The number of benzene rings is 1. The van der Waals surface area contributed by atoms with Crippen LogP contribution in [0.3, 0.4) is 0 Å². The van der Waals surface area contributed by atoms with Gasteiger partial charge in [-0.15, -0.1) is 0 Å². The quantitative estimate of drug-likeness (QED) is 0.714. The summed E-state index contributed by atoms with van der Waals surface area (Å²) in [5, 5.41) is 4.45. The number of amides is 2. The van der Waals surface area contributed by atoms with E-state index in [1.54, 1.807) is 11.6 Å². The summed E-state index contributed by atoms with van der Waals surface area (Å²) in [7, 11) is -3.03. The molecule has 9 heteroatoms. The number of hydrogen-bond acceptors (Lipinski definition) is 5. The molecule has 3 rings (SSSR count). The summed E-state index contributed by atoms with van der Waals surface area (Å²) in [6.45, 7) is 6.13. The first-order valence-electron chi connectivity index (χ1n) is 9.54. The molecule has 2 amide bonds. The van der Waals surface area contributed by atoms with Crippen LogP contribution in [0, 0.1) is 26.7 Å². The third-order valence-electron chi connectivity index (χ3n) is 5.18. The van der Waals surface area contributed by atoms with Gasteiger partial charge in [-0.1, -0.05) is 29.8 Å². The Morgan fingerprint density at radius 2 is 1.83 bits per heavy atom. The van der Waals surface area contributed by atoms with Gasteiger partial charge in [-0.3, -0.25) is 25.1 Å². The number of hydrazine groups is 1. The molecule has 29 heavy (non-hydrogen) atoms. The average Bonchev–Trinajstić information content (AvgIpc) is 3.13. The highest BCUT2D eigenvalue weighted by molar-refractivity contribution is 7.91. The van der Waals surface area contributed by atoms with Crippen LogP contribution in [-0.4, -0.2) is 41.5 Å². The molecule has 1 atom stereocenters. The lowest BCUT2D eigenvalue weighted by molar-refractivity contribution is -0.122. The lowest BCUT2D eigenvalue weighted by atomic mass is 10.1. The molecule has 1 aromatic carbocycles. The number of aromatic nitrogens is 2. The maximum absolute atomic E-state index is 12.6. The molecule has 0 unspecified atom stereocenters. The van der Waals surface area contributed by atoms with Crippen LogP contribution >= 0.6 is 0 Å². The summed E-state index contributed by atoms with van der Waals surface area (Å²) in [4.78, 5) is 24.6. The average molecular weight is 419 g/mol. The molecule has 0 radical (unpaired) electrons. The van der Waals surface area contributed by atoms with Gasteiger partial charge in [0.1, 0.15) is 0 Å². The minimum Gasteiger partial charge on any atom is -0.273 e. The molecule has 1 aliphatic rings. The number of nitrogens with zero attached hydrogens (tertiary/aromatic N) is 2. The summed E-state index contributed by atoms with van der Waals surface area (Å²) in [6, 6.07) is 8.10. The molecular weight excluding hydrogens is 392 g/mol. The summed E-state index contributed by atoms with van der Waals surface area (Å²) >= 11 is 0. The minimum absolute atomic E-state index is 0.0262. The van der Waals surface area contributed by atoms with Crippen molar-refractivity contribution < 1.29 is 18.0 Å². The van der Waals surface area contributed by atoms with Gasteiger partial charge in [-0.05, 0) is 38.7 Å². The molecule has 1 fully saturated rings. The molecule has 2 aromatic rings. The molecule has 1 aromatic heterocycles. The van der Waals surface area contributed by atoms with Crippen LogP contribution in [0.1, 0.15) is 45.7 Å². The third kappa shape index (κ3) is 5.23. The topological polar surface area (TPSA) is 110 Å². The van der Waals surface area contributed by atoms with E-state index in [1.165, 1.54) is 5.56 Å². The van der Waals surface area contributed by atoms with Crippen molar-refractivity contribution in [3.8, 4) is 0 Å². The second-order valence-corrected chi connectivity index (χ2v) is 9.89. The predicted molar refractivity (Wildman–Crippen MR) is 109 cm³/mol. The molecule has 156 valence electrons. The Balaban J connectivity index is 1.60. The lowest BCUT2D eigenvalue weighted by Gasteiger charge is -2.10. The van der Waals surface area contributed by atoms with Gasteiger partial charge in [-0.25, -0.2) is 8.42 Å². The van der Waals surface area contributed by atoms with E-state index in [1.807, 2.05) is 38.1 Å². The van der Waals surface area contributed by atoms with Crippen LogP contribution in [0.2, 0.25) is 0 Å². The highest BCUT2D eigenvalue weighted by Crippen LogP contribution is 2.21. The monoisotopic (exact) mass is 418 g/mol. The highest BCUT2D eigenvalue weighted by atomic mass is 32.2. The fraction of sp³-hybridized carbons (Fsp3) is 0.450. The smallest absolute Gasteiger partial charge is 0.273 e. The largest absolute Gasteiger partial charge is 0.273 e. The number of aryl methyl sites for hydroxylation is 2. The molecule has 1 saturated heterocycles. The Labute approximate surface area is 170 Å². The summed E-state index contributed by atoms with van der Waals surface area (Å²) < 4.78 is 24.7. The second kappa shape index (κ2) is 8.36. The molecule has 0 aliphatic carbocycles. The van der Waals surface area contributed by atoms with Crippen LogP contribution in [0.5, 0.6) is 0 Å². The molecule has 8 nitrogen and oxygen atoms in total. The number of rotatable bonds is 5. The Kier molecular flexibility index (Phi) is 6.07. The van der Waals surface area contributed by atoms with E-state index >= 15 is 0 Å². The van der Waals surface area contributed by atoms with Gasteiger partial charge in [0.2, 0.25) is 5.91 Å². The number of carbonyl (C=O) groups excluding carboxylic acids is 2. The van der Waals surface area contributed by atoms with E-state index in [4.69, 9.17) is 0 Å². The number of hydrogen-bond donors (Lipinski definition) is 2. The van der Waals surface area contributed by atoms with E-state index in [9.17, 15) is 18.0 Å². The van der Waals surface area contributed by atoms with Crippen molar-refractivity contribution in [3.63, 3.8) is 0 Å². The van der Waals surface area contributed by atoms with Gasteiger partial charge < -0.3 is 0 Å². The fourth-order valence-electron chi connectivity index (χ4n) is 3.58. The summed E-state index contributed by atoms with van der Waals surface area (Å²) in [5.41, 5.74) is 8.75. The second-order valence-electron chi connectivity index (χ2n) is 7.66. The van der Waals surface area contributed by atoms with Crippen molar-refractivity contribution in [2.75, 3.05) is 11.5 Å². The SMILES string of the molecule is Cc1ccc(Cn2nc(C)c(C(=O)NNC(=O)C[C@H]3CCS(=O)(=O)C3)c2C)cc1. The zero-order chi connectivity index (χ0) is 21.2. The maximum atomic E-state index is 12.6. The van der Waals surface area contributed by atoms with Crippen LogP contribution in [0.4, 0.5) is 0 Å². The molecular formula is C20H26N4O4S. The number of sulfone groups is 1. The Morgan fingerprint density at radius 3 is 2.45 bits per heavy atom. The van der Waals surface area contributed by atoms with Gasteiger partial charge in [0.15, 0.2) is 9.84 Å². The number of nitrogens with one attached hydrogen (secondary N) is 2. The standard InChI is InChI=1S/C20H26N4O4S/c1-13-4-6-16(7-5-13)11-24-15(3)19(14(2)23-24)20(26)22-21-18(25)10-17-8-9-29(27,28)12-17/h4-7,17H,8-12H2,1-3H3,(H,21,25)(H,22,26)/t17-/m1/s1. The van der Waals surface area contributed by atoms with Crippen molar-refractivity contribution in [2.45, 2.75) is 40.2 Å². The summed E-state index contributed by atoms with van der Waals surface area (Å²) in [6.07, 6.45) is 0.553. The number of carbonyl (C=O) groups is 2. The first-order valence-corrected chi connectivity index (χ1v) is 11.4. The molecule has 2 heterocycles. The fourth-order valence-corrected chi connectivity index (χ4v) is 5.44. The lowest BCUT2D eigenvalue weighted by Crippen LogP contribution is -2.42. The van der Waals surface area contributed by atoms with Crippen LogP contribution in [0.25, 0.3) is 0 Å². The first kappa shape index (κ1) is 21.0. The van der Waals surface area contributed by atoms with Crippen molar-refractivity contribution in [1.82, 2.24) is 20.6 Å². The van der Waals surface area contributed by atoms with E-state index in [0.29, 0.717) is 29.9 Å². The van der Waals surface area contributed by atoms with Crippen molar-refractivity contribution in [3.05, 3.63) is 52.3 Å². The zero-order valence-corrected chi connectivity index (χ0v) is 17.7.